The average molecular weight is 218 g/mol. The fraction of sp³-hybridized carbons (Fsp3) is 0.250. The number of benzene rings is 1. The van der Waals surface area contributed by atoms with Gasteiger partial charge in [0.25, 0.3) is 0 Å². The van der Waals surface area contributed by atoms with Crippen LogP contribution in [0, 0.1) is 0 Å². The fourth-order valence-corrected chi connectivity index (χ4v) is 2.61. The molecular formula is C12H10O2S. The first-order chi connectivity index (χ1) is 7.38. The Morgan fingerprint density at radius 2 is 2.33 bits per heavy atom. The van der Waals surface area contributed by atoms with Crippen LogP contribution in [0.1, 0.15) is 11.5 Å². The third-order valence-electron chi connectivity index (χ3n) is 2.77. The van der Waals surface area contributed by atoms with Gasteiger partial charge in [-0.1, -0.05) is 6.07 Å². The second-order valence-corrected chi connectivity index (χ2v) is 4.70. The lowest BCUT2D eigenvalue weighted by Crippen LogP contribution is -2.07. The lowest BCUT2D eigenvalue weighted by atomic mass is 9.97. The predicted octanol–water partition coefficient (Wildman–Crippen LogP) is 2.58. The summed E-state index contributed by atoms with van der Waals surface area (Å²) in [5.41, 5.74) is 1.07. The van der Waals surface area contributed by atoms with Gasteiger partial charge in [0.1, 0.15) is 6.29 Å². The smallest absolute Gasteiger partial charge is 0.130 e. The highest BCUT2D eigenvalue weighted by Gasteiger charge is 2.33. The van der Waals surface area contributed by atoms with Gasteiger partial charge in [-0.05, 0) is 34.5 Å². The van der Waals surface area contributed by atoms with Gasteiger partial charge in [0.2, 0.25) is 0 Å². The predicted molar refractivity (Wildman–Crippen MR) is 60.4 cm³/mol. The molecule has 2 heterocycles. The molecule has 2 aromatic rings. The van der Waals surface area contributed by atoms with Crippen LogP contribution in [0.2, 0.25) is 0 Å². The molecule has 3 rings (SSSR count). The largest absolute Gasteiger partial charge is 0.372 e. The summed E-state index contributed by atoms with van der Waals surface area (Å²) in [7, 11) is 0. The Balaban J connectivity index is 2.04. The molecule has 0 bridgehead atoms. The number of thiophene rings is 1. The second kappa shape index (κ2) is 3.43. The Morgan fingerprint density at radius 3 is 3.07 bits per heavy atom. The molecule has 1 aromatic heterocycles. The maximum atomic E-state index is 11.0. The zero-order chi connectivity index (χ0) is 10.3. The van der Waals surface area contributed by atoms with Crippen LogP contribution >= 0.6 is 11.3 Å². The molecule has 0 radical (unpaired) electrons. The van der Waals surface area contributed by atoms with E-state index in [1.807, 2.05) is 6.07 Å². The summed E-state index contributed by atoms with van der Waals surface area (Å²) in [5.74, 6) is -0.0886. The van der Waals surface area contributed by atoms with E-state index in [1.165, 1.54) is 10.1 Å². The van der Waals surface area contributed by atoms with Gasteiger partial charge in [0.05, 0.1) is 18.6 Å². The van der Waals surface area contributed by atoms with Gasteiger partial charge in [0.15, 0.2) is 0 Å². The van der Waals surface area contributed by atoms with Crippen LogP contribution < -0.4 is 0 Å². The molecule has 0 spiro atoms. The second-order valence-electron chi connectivity index (χ2n) is 3.75. The molecule has 1 fully saturated rings. The SMILES string of the molecule is O=CC(c1ccc2sccc2c1)[C@H]1CO1. The summed E-state index contributed by atoms with van der Waals surface area (Å²) in [5, 5.41) is 3.28. The fourth-order valence-electron chi connectivity index (χ4n) is 1.84. The first kappa shape index (κ1) is 9.07. The van der Waals surface area contributed by atoms with Crippen LogP contribution in [-0.4, -0.2) is 19.0 Å². The minimum absolute atomic E-state index is 0.0886. The number of epoxide rings is 1. The van der Waals surface area contributed by atoms with Crippen molar-refractivity contribution in [2.24, 2.45) is 0 Å². The van der Waals surface area contributed by atoms with Gasteiger partial charge in [-0.25, -0.2) is 0 Å². The highest BCUT2D eigenvalue weighted by atomic mass is 32.1. The first-order valence-electron chi connectivity index (χ1n) is 4.92. The summed E-state index contributed by atoms with van der Waals surface area (Å²) < 4.78 is 6.44. The zero-order valence-corrected chi connectivity index (χ0v) is 8.87. The minimum atomic E-state index is -0.0886. The number of carbonyl (C=O) groups excluding carboxylic acids is 1. The third-order valence-corrected chi connectivity index (χ3v) is 3.67. The van der Waals surface area contributed by atoms with Crippen molar-refractivity contribution in [3.63, 3.8) is 0 Å². The van der Waals surface area contributed by atoms with Crippen LogP contribution in [0.3, 0.4) is 0 Å². The van der Waals surface area contributed by atoms with Crippen molar-refractivity contribution in [2.45, 2.75) is 12.0 Å². The first-order valence-corrected chi connectivity index (χ1v) is 5.80. The number of aldehydes is 1. The molecular weight excluding hydrogens is 208 g/mol. The van der Waals surface area contributed by atoms with Gasteiger partial charge in [-0.2, -0.15) is 0 Å². The molecule has 1 aromatic carbocycles. The maximum Gasteiger partial charge on any atom is 0.130 e. The lowest BCUT2D eigenvalue weighted by Gasteiger charge is -2.06. The molecule has 3 heteroatoms. The molecule has 76 valence electrons. The molecule has 15 heavy (non-hydrogen) atoms. The van der Waals surface area contributed by atoms with E-state index in [2.05, 4.69) is 23.6 Å². The quantitative estimate of drug-likeness (QED) is 0.585. The Morgan fingerprint density at radius 1 is 1.47 bits per heavy atom. The van der Waals surface area contributed by atoms with E-state index in [-0.39, 0.29) is 12.0 Å². The molecule has 1 aliphatic rings. The topological polar surface area (TPSA) is 29.6 Å². The zero-order valence-electron chi connectivity index (χ0n) is 8.05. The molecule has 0 N–H and O–H groups in total. The van der Waals surface area contributed by atoms with Crippen molar-refractivity contribution in [3.05, 3.63) is 35.2 Å². The van der Waals surface area contributed by atoms with Crippen molar-refractivity contribution in [1.29, 1.82) is 0 Å². The van der Waals surface area contributed by atoms with E-state index in [9.17, 15) is 4.79 Å². The summed E-state index contributed by atoms with van der Waals surface area (Å²) in [4.78, 5) is 11.0. The molecule has 1 aliphatic heterocycles. The highest BCUT2D eigenvalue weighted by Crippen LogP contribution is 2.31. The third kappa shape index (κ3) is 1.58. The van der Waals surface area contributed by atoms with E-state index < -0.39 is 0 Å². The lowest BCUT2D eigenvalue weighted by molar-refractivity contribution is -0.109. The van der Waals surface area contributed by atoms with E-state index >= 15 is 0 Å². The van der Waals surface area contributed by atoms with Crippen LogP contribution in [0.25, 0.3) is 10.1 Å². The number of ether oxygens (including phenoxy) is 1. The monoisotopic (exact) mass is 218 g/mol. The van der Waals surface area contributed by atoms with Crippen molar-refractivity contribution in [1.82, 2.24) is 0 Å². The molecule has 0 amide bonds. The molecule has 2 atom stereocenters. The molecule has 1 saturated heterocycles. The molecule has 2 nitrogen and oxygen atoms in total. The van der Waals surface area contributed by atoms with Gasteiger partial charge < -0.3 is 9.53 Å². The van der Waals surface area contributed by atoms with Crippen molar-refractivity contribution >= 4 is 27.7 Å². The molecule has 1 unspecified atom stereocenters. The van der Waals surface area contributed by atoms with Crippen molar-refractivity contribution in [2.75, 3.05) is 6.61 Å². The Bertz CT molecular complexity index is 499. The molecule has 0 saturated carbocycles. The maximum absolute atomic E-state index is 11.0. The van der Waals surface area contributed by atoms with E-state index in [4.69, 9.17) is 4.74 Å². The minimum Gasteiger partial charge on any atom is -0.372 e. The van der Waals surface area contributed by atoms with Gasteiger partial charge in [0, 0.05) is 4.70 Å². The Labute approximate surface area is 91.5 Å². The standard InChI is InChI=1S/C12H10O2S/c13-6-10(11-7-14-11)8-1-2-12-9(5-8)3-4-15-12/h1-6,10-11H,7H2/t10?,11-/m1/s1. The van der Waals surface area contributed by atoms with E-state index in [0.717, 1.165) is 11.8 Å². The summed E-state index contributed by atoms with van der Waals surface area (Å²) in [6, 6.07) is 8.28. The van der Waals surface area contributed by atoms with Crippen molar-refractivity contribution in [3.8, 4) is 0 Å². The van der Waals surface area contributed by atoms with Gasteiger partial charge >= 0.3 is 0 Å². The van der Waals surface area contributed by atoms with Gasteiger partial charge in [-0.3, -0.25) is 0 Å². The van der Waals surface area contributed by atoms with Crippen LogP contribution in [-0.2, 0) is 9.53 Å². The summed E-state index contributed by atoms with van der Waals surface area (Å²) in [6.07, 6.45) is 1.10. The number of hydrogen-bond acceptors (Lipinski definition) is 3. The average Bonchev–Trinajstić information content (AvgIpc) is 2.97. The van der Waals surface area contributed by atoms with E-state index in [0.29, 0.717) is 6.61 Å². The van der Waals surface area contributed by atoms with Crippen molar-refractivity contribution < 1.29 is 9.53 Å². The summed E-state index contributed by atoms with van der Waals surface area (Å²) in [6.45, 7) is 0.713. The number of carbonyl (C=O) groups is 1. The normalized spacial score (nSPS) is 21.5. The van der Waals surface area contributed by atoms with E-state index in [1.54, 1.807) is 11.3 Å². The summed E-state index contributed by atoms with van der Waals surface area (Å²) >= 11 is 1.72. The number of hydrogen-bond donors (Lipinski definition) is 0. The van der Waals surface area contributed by atoms with Crippen LogP contribution in [0.4, 0.5) is 0 Å². The number of rotatable bonds is 3. The highest BCUT2D eigenvalue weighted by molar-refractivity contribution is 7.17. The Kier molecular flexibility index (Phi) is 2.08. The van der Waals surface area contributed by atoms with Crippen LogP contribution in [0.15, 0.2) is 29.6 Å². The van der Waals surface area contributed by atoms with Gasteiger partial charge in [-0.15, -0.1) is 11.3 Å². The van der Waals surface area contributed by atoms with Crippen LogP contribution in [0.5, 0.6) is 0 Å². The molecule has 0 aliphatic carbocycles. The Hall–Kier alpha value is -1.19. The number of fused-ring (bicyclic) bond motifs is 1.